The van der Waals surface area contributed by atoms with Crippen LogP contribution in [0.4, 0.5) is 5.82 Å². The van der Waals surface area contributed by atoms with Crippen LogP contribution in [0.1, 0.15) is 0 Å². The Balaban J connectivity index is 2.50. The summed E-state index contributed by atoms with van der Waals surface area (Å²) < 4.78 is 7.36. The number of ether oxygens (including phenoxy) is 1. The van der Waals surface area contributed by atoms with E-state index in [1.165, 1.54) is 0 Å². The zero-order valence-electron chi connectivity index (χ0n) is 10.6. The highest BCUT2D eigenvalue weighted by Gasteiger charge is 2.13. The minimum Gasteiger partial charge on any atom is -0.497 e. The molecule has 0 amide bonds. The van der Waals surface area contributed by atoms with E-state index < -0.39 is 0 Å². The lowest BCUT2D eigenvalue weighted by molar-refractivity contribution is 0.415. The Morgan fingerprint density at radius 1 is 1.28 bits per heavy atom. The Hall–Kier alpha value is -2.30. The van der Waals surface area contributed by atoms with E-state index in [1.807, 2.05) is 32.3 Å². The third-order valence-corrected chi connectivity index (χ3v) is 3.21. The molecule has 0 fully saturated rings. The molecule has 3 rings (SSSR count). The number of fused-ring (bicyclic) bond motifs is 3. The first-order valence-corrected chi connectivity index (χ1v) is 5.71. The minimum absolute atomic E-state index is 0.831. The van der Waals surface area contributed by atoms with Crippen LogP contribution in [0, 0.1) is 0 Å². The molecule has 0 spiro atoms. The van der Waals surface area contributed by atoms with E-state index in [9.17, 15) is 0 Å². The number of aryl methyl sites for hydroxylation is 1. The van der Waals surface area contributed by atoms with Gasteiger partial charge in [0, 0.05) is 19.5 Å². The minimum atomic E-state index is 0.831. The number of methoxy groups -OCH3 is 1. The van der Waals surface area contributed by atoms with Gasteiger partial charge in [-0.1, -0.05) is 0 Å². The quantitative estimate of drug-likeness (QED) is 0.748. The smallest absolute Gasteiger partial charge is 0.153 e. The third-order valence-electron chi connectivity index (χ3n) is 3.21. The van der Waals surface area contributed by atoms with E-state index in [2.05, 4.69) is 19.9 Å². The van der Waals surface area contributed by atoms with Crippen molar-refractivity contribution >= 4 is 27.8 Å². The summed E-state index contributed by atoms with van der Waals surface area (Å²) in [5, 5.41) is 4.17. The molecular weight excluding hydrogens is 228 g/mol. The standard InChI is InChI=1S/C13H14N4O/c1-14-13-12-11(15-7-16-13)9-6-8(18-3)4-5-10(9)17(12)2/h4-7H,1-3H3,(H,14,15,16). The normalized spacial score (nSPS) is 11.1. The first kappa shape index (κ1) is 10.8. The Morgan fingerprint density at radius 2 is 2.11 bits per heavy atom. The number of aromatic nitrogens is 3. The molecular formula is C13H14N4O. The fourth-order valence-electron chi connectivity index (χ4n) is 2.32. The van der Waals surface area contributed by atoms with Gasteiger partial charge in [0.15, 0.2) is 5.82 Å². The van der Waals surface area contributed by atoms with Crippen molar-refractivity contribution in [3.63, 3.8) is 0 Å². The number of hydrogen-bond acceptors (Lipinski definition) is 4. The number of benzene rings is 1. The van der Waals surface area contributed by atoms with Gasteiger partial charge in [0.2, 0.25) is 0 Å². The van der Waals surface area contributed by atoms with Gasteiger partial charge in [-0.15, -0.1) is 0 Å². The van der Waals surface area contributed by atoms with Crippen LogP contribution in [0.2, 0.25) is 0 Å². The van der Waals surface area contributed by atoms with Gasteiger partial charge in [-0.25, -0.2) is 9.97 Å². The molecule has 5 heteroatoms. The van der Waals surface area contributed by atoms with Crippen molar-refractivity contribution in [1.29, 1.82) is 0 Å². The number of nitrogens with one attached hydrogen (secondary N) is 1. The molecule has 1 aromatic carbocycles. The van der Waals surface area contributed by atoms with Gasteiger partial charge in [0.25, 0.3) is 0 Å². The third kappa shape index (κ3) is 1.33. The second-order valence-corrected chi connectivity index (χ2v) is 4.11. The van der Waals surface area contributed by atoms with Crippen molar-refractivity contribution in [1.82, 2.24) is 14.5 Å². The van der Waals surface area contributed by atoms with Crippen LogP contribution in [-0.2, 0) is 7.05 Å². The zero-order valence-corrected chi connectivity index (χ0v) is 10.6. The van der Waals surface area contributed by atoms with Crippen molar-refractivity contribution < 1.29 is 4.74 Å². The maximum Gasteiger partial charge on any atom is 0.153 e. The summed E-state index contributed by atoms with van der Waals surface area (Å²) in [6, 6.07) is 5.99. The van der Waals surface area contributed by atoms with E-state index in [0.29, 0.717) is 0 Å². The van der Waals surface area contributed by atoms with Crippen molar-refractivity contribution in [2.45, 2.75) is 0 Å². The first-order valence-electron chi connectivity index (χ1n) is 5.71. The Bertz CT molecular complexity index is 733. The Labute approximate surface area is 104 Å². The molecule has 5 nitrogen and oxygen atoms in total. The number of nitrogens with zero attached hydrogens (tertiary/aromatic N) is 3. The largest absolute Gasteiger partial charge is 0.497 e. The Kier molecular flexibility index (Phi) is 2.33. The maximum atomic E-state index is 5.27. The van der Waals surface area contributed by atoms with E-state index in [1.54, 1.807) is 13.4 Å². The van der Waals surface area contributed by atoms with Crippen LogP contribution in [0.25, 0.3) is 21.9 Å². The summed E-state index contributed by atoms with van der Waals surface area (Å²) in [7, 11) is 5.54. The predicted octanol–water partition coefficient (Wildman–Crippen LogP) is 2.17. The molecule has 2 heterocycles. The summed E-state index contributed by atoms with van der Waals surface area (Å²) in [6.45, 7) is 0. The van der Waals surface area contributed by atoms with Gasteiger partial charge >= 0.3 is 0 Å². The van der Waals surface area contributed by atoms with Gasteiger partial charge < -0.3 is 14.6 Å². The van der Waals surface area contributed by atoms with Crippen molar-refractivity contribution in [3.05, 3.63) is 24.5 Å². The molecule has 2 aromatic heterocycles. The second kappa shape index (κ2) is 3.87. The van der Waals surface area contributed by atoms with Crippen LogP contribution < -0.4 is 10.1 Å². The van der Waals surface area contributed by atoms with Gasteiger partial charge in [0.05, 0.1) is 12.6 Å². The molecule has 0 saturated heterocycles. The van der Waals surface area contributed by atoms with Gasteiger partial charge in [-0.2, -0.15) is 0 Å². The molecule has 0 radical (unpaired) electrons. The van der Waals surface area contributed by atoms with Crippen LogP contribution in [-0.4, -0.2) is 28.7 Å². The Morgan fingerprint density at radius 3 is 2.83 bits per heavy atom. The molecule has 0 aliphatic heterocycles. The molecule has 0 saturated carbocycles. The molecule has 18 heavy (non-hydrogen) atoms. The summed E-state index contributed by atoms with van der Waals surface area (Å²) in [6.07, 6.45) is 1.58. The molecule has 0 aliphatic rings. The molecule has 3 aromatic rings. The fourth-order valence-corrected chi connectivity index (χ4v) is 2.32. The average molecular weight is 242 g/mol. The van der Waals surface area contributed by atoms with E-state index in [0.717, 1.165) is 33.5 Å². The highest BCUT2D eigenvalue weighted by Crippen LogP contribution is 2.31. The molecule has 0 aliphatic carbocycles. The number of rotatable bonds is 2. The van der Waals surface area contributed by atoms with Crippen molar-refractivity contribution in [3.8, 4) is 5.75 Å². The summed E-state index contributed by atoms with van der Waals surface area (Å²) >= 11 is 0. The lowest BCUT2D eigenvalue weighted by Gasteiger charge is -2.03. The summed E-state index contributed by atoms with van der Waals surface area (Å²) in [5.74, 6) is 1.66. The van der Waals surface area contributed by atoms with E-state index in [-0.39, 0.29) is 0 Å². The topological polar surface area (TPSA) is 52.0 Å². The van der Waals surface area contributed by atoms with E-state index in [4.69, 9.17) is 4.74 Å². The SMILES string of the molecule is CNc1ncnc2c3cc(OC)ccc3n(C)c12. The highest BCUT2D eigenvalue weighted by atomic mass is 16.5. The fraction of sp³-hybridized carbons (Fsp3) is 0.231. The summed E-state index contributed by atoms with van der Waals surface area (Å²) in [5.41, 5.74) is 3.05. The van der Waals surface area contributed by atoms with Crippen LogP contribution in [0.3, 0.4) is 0 Å². The number of anilines is 1. The lowest BCUT2D eigenvalue weighted by Crippen LogP contribution is -1.97. The van der Waals surface area contributed by atoms with Crippen LogP contribution >= 0.6 is 0 Å². The predicted molar refractivity (Wildman–Crippen MR) is 72.1 cm³/mol. The van der Waals surface area contributed by atoms with Gasteiger partial charge in [-0.3, -0.25) is 0 Å². The molecule has 0 unspecified atom stereocenters. The highest BCUT2D eigenvalue weighted by molar-refractivity contribution is 6.09. The first-order chi connectivity index (χ1) is 8.76. The molecule has 0 atom stereocenters. The average Bonchev–Trinajstić information content (AvgIpc) is 2.72. The molecule has 0 bridgehead atoms. The maximum absolute atomic E-state index is 5.27. The van der Waals surface area contributed by atoms with Gasteiger partial charge in [-0.05, 0) is 18.2 Å². The second-order valence-electron chi connectivity index (χ2n) is 4.11. The van der Waals surface area contributed by atoms with Crippen LogP contribution in [0.15, 0.2) is 24.5 Å². The molecule has 92 valence electrons. The number of hydrogen-bond donors (Lipinski definition) is 1. The van der Waals surface area contributed by atoms with Crippen LogP contribution in [0.5, 0.6) is 5.75 Å². The molecule has 1 N–H and O–H groups in total. The van der Waals surface area contributed by atoms with E-state index >= 15 is 0 Å². The monoisotopic (exact) mass is 242 g/mol. The van der Waals surface area contributed by atoms with Gasteiger partial charge in [0.1, 0.15) is 23.1 Å². The lowest BCUT2D eigenvalue weighted by atomic mass is 10.2. The zero-order chi connectivity index (χ0) is 12.7. The summed E-state index contributed by atoms with van der Waals surface area (Å²) in [4.78, 5) is 8.64. The van der Waals surface area contributed by atoms with Crippen molar-refractivity contribution in [2.75, 3.05) is 19.5 Å². The van der Waals surface area contributed by atoms with Crippen molar-refractivity contribution in [2.24, 2.45) is 7.05 Å².